The molecule has 0 spiro atoms. The van der Waals surface area contributed by atoms with Crippen LogP contribution in [0.1, 0.15) is 26.3 Å². The molecule has 1 unspecified atom stereocenters. The molecule has 8 nitrogen and oxygen atoms in total. The quantitative estimate of drug-likeness (QED) is 0.339. The first-order valence-electron chi connectivity index (χ1n) is 12.6. The fourth-order valence-electron chi connectivity index (χ4n) is 3.94. The smallest absolute Gasteiger partial charge is 0.264 e. The highest BCUT2D eigenvalue weighted by molar-refractivity contribution is 7.92. The number of halogens is 1. The second kappa shape index (κ2) is 13.5. The molecule has 3 rings (SSSR count). The lowest BCUT2D eigenvalue weighted by Gasteiger charge is -2.32. The SMILES string of the molecule is COc1ccccc1N(CC(=O)N(Cc1cccc(Cl)c1)C(C)C(=O)NCC(C)C)S(=O)(=O)c1ccccc1. The van der Waals surface area contributed by atoms with E-state index in [1.165, 1.54) is 24.1 Å². The van der Waals surface area contributed by atoms with Gasteiger partial charge in [0.15, 0.2) is 0 Å². The van der Waals surface area contributed by atoms with Crippen molar-refractivity contribution in [1.82, 2.24) is 10.2 Å². The second-order valence-corrected chi connectivity index (χ2v) is 11.8. The first-order chi connectivity index (χ1) is 18.5. The van der Waals surface area contributed by atoms with Crippen LogP contribution >= 0.6 is 11.6 Å². The second-order valence-electron chi connectivity index (χ2n) is 9.46. The van der Waals surface area contributed by atoms with Crippen LogP contribution in [0.3, 0.4) is 0 Å². The van der Waals surface area contributed by atoms with Gasteiger partial charge in [0.2, 0.25) is 11.8 Å². The maximum absolute atomic E-state index is 13.9. The molecule has 0 aliphatic rings. The van der Waals surface area contributed by atoms with Crippen LogP contribution in [0.25, 0.3) is 0 Å². The summed E-state index contributed by atoms with van der Waals surface area (Å²) in [5.41, 5.74) is 0.908. The number of amides is 2. The predicted molar refractivity (Wildman–Crippen MR) is 153 cm³/mol. The molecule has 0 aliphatic carbocycles. The first-order valence-corrected chi connectivity index (χ1v) is 14.4. The number of carbonyl (C=O) groups is 2. The Bertz CT molecular complexity index is 1380. The van der Waals surface area contributed by atoms with Crippen LogP contribution < -0.4 is 14.4 Å². The van der Waals surface area contributed by atoms with Crippen LogP contribution in [0, 0.1) is 5.92 Å². The third-order valence-corrected chi connectivity index (χ3v) is 8.07. The van der Waals surface area contributed by atoms with Gasteiger partial charge in [0.25, 0.3) is 10.0 Å². The van der Waals surface area contributed by atoms with E-state index in [1.807, 2.05) is 13.8 Å². The Morgan fingerprint density at radius 3 is 2.26 bits per heavy atom. The van der Waals surface area contributed by atoms with Gasteiger partial charge in [0.1, 0.15) is 18.3 Å². The zero-order valence-corrected chi connectivity index (χ0v) is 24.1. The number of ether oxygens (including phenoxy) is 1. The number of hydrogen-bond acceptors (Lipinski definition) is 5. The fourth-order valence-corrected chi connectivity index (χ4v) is 5.59. The van der Waals surface area contributed by atoms with Crippen molar-refractivity contribution in [3.63, 3.8) is 0 Å². The molecule has 1 N–H and O–H groups in total. The Balaban J connectivity index is 2.04. The van der Waals surface area contributed by atoms with Gasteiger partial charge in [-0.3, -0.25) is 13.9 Å². The van der Waals surface area contributed by atoms with E-state index < -0.39 is 28.5 Å². The average Bonchev–Trinajstić information content (AvgIpc) is 2.93. The lowest BCUT2D eigenvalue weighted by Crippen LogP contribution is -2.51. The van der Waals surface area contributed by atoms with Gasteiger partial charge < -0.3 is 15.0 Å². The van der Waals surface area contributed by atoms with Crippen molar-refractivity contribution in [1.29, 1.82) is 0 Å². The largest absolute Gasteiger partial charge is 0.495 e. The van der Waals surface area contributed by atoms with Crippen LogP contribution in [0.5, 0.6) is 5.75 Å². The highest BCUT2D eigenvalue weighted by Crippen LogP contribution is 2.32. The number of carbonyl (C=O) groups excluding carboxylic acids is 2. The van der Waals surface area contributed by atoms with E-state index in [0.717, 1.165) is 4.31 Å². The maximum atomic E-state index is 13.9. The summed E-state index contributed by atoms with van der Waals surface area (Å²) in [6.07, 6.45) is 0. The van der Waals surface area contributed by atoms with Gasteiger partial charge in [-0.2, -0.15) is 0 Å². The van der Waals surface area contributed by atoms with Crippen molar-refractivity contribution < 1.29 is 22.7 Å². The molecular formula is C29H34ClN3O5S. The summed E-state index contributed by atoms with van der Waals surface area (Å²) in [4.78, 5) is 28.4. The van der Waals surface area contributed by atoms with E-state index in [1.54, 1.807) is 73.7 Å². The Hall–Kier alpha value is -3.56. The molecule has 0 aliphatic heterocycles. The molecule has 10 heteroatoms. The Morgan fingerprint density at radius 1 is 0.949 bits per heavy atom. The highest BCUT2D eigenvalue weighted by Gasteiger charge is 2.33. The fraction of sp³-hybridized carbons (Fsp3) is 0.310. The normalized spacial score (nSPS) is 12.1. The standard InChI is InChI=1S/C29H34ClN3O5S/c1-21(2)18-31-29(35)22(3)32(19-23-11-10-12-24(30)17-23)28(34)20-33(26-15-8-9-16-27(26)38-4)39(36,37)25-13-6-5-7-14-25/h5-17,21-22H,18-20H2,1-4H3,(H,31,35). The van der Waals surface area contributed by atoms with E-state index in [4.69, 9.17) is 16.3 Å². The summed E-state index contributed by atoms with van der Waals surface area (Å²) in [5, 5.41) is 3.35. The summed E-state index contributed by atoms with van der Waals surface area (Å²) < 4.78 is 34.2. The molecule has 0 saturated carbocycles. The van der Waals surface area contributed by atoms with E-state index >= 15 is 0 Å². The van der Waals surface area contributed by atoms with Crippen molar-refractivity contribution in [3.05, 3.63) is 89.4 Å². The average molecular weight is 572 g/mol. The molecule has 3 aromatic rings. The van der Waals surface area contributed by atoms with Crippen molar-refractivity contribution in [2.45, 2.75) is 38.3 Å². The number of anilines is 1. The Kier molecular flexibility index (Phi) is 10.4. The predicted octanol–water partition coefficient (Wildman–Crippen LogP) is 4.73. The van der Waals surface area contributed by atoms with Crippen molar-refractivity contribution >= 4 is 39.1 Å². The summed E-state index contributed by atoms with van der Waals surface area (Å²) >= 11 is 6.18. The lowest BCUT2D eigenvalue weighted by molar-refractivity contribution is -0.139. The number of rotatable bonds is 12. The van der Waals surface area contributed by atoms with Crippen molar-refractivity contribution in [2.75, 3.05) is 24.5 Å². The number of nitrogens with one attached hydrogen (secondary N) is 1. The zero-order valence-electron chi connectivity index (χ0n) is 22.5. The van der Waals surface area contributed by atoms with Crippen molar-refractivity contribution in [3.8, 4) is 5.75 Å². The summed E-state index contributed by atoms with van der Waals surface area (Å²) in [6, 6.07) is 20.5. The number of methoxy groups -OCH3 is 1. The van der Waals surface area contributed by atoms with Crippen LogP contribution in [-0.4, -0.2) is 51.4 Å². The van der Waals surface area contributed by atoms with E-state index in [0.29, 0.717) is 17.1 Å². The Labute approximate surface area is 235 Å². The van der Waals surface area contributed by atoms with Gasteiger partial charge in [-0.25, -0.2) is 8.42 Å². The Morgan fingerprint density at radius 2 is 1.62 bits per heavy atom. The van der Waals surface area contributed by atoms with Crippen LogP contribution in [0.2, 0.25) is 5.02 Å². The molecule has 208 valence electrons. The van der Waals surface area contributed by atoms with Gasteiger partial charge in [-0.15, -0.1) is 0 Å². The van der Waals surface area contributed by atoms with Crippen LogP contribution in [0.15, 0.2) is 83.8 Å². The number of hydrogen-bond donors (Lipinski definition) is 1. The van der Waals surface area contributed by atoms with E-state index in [-0.39, 0.29) is 34.7 Å². The molecule has 3 aromatic carbocycles. The third kappa shape index (κ3) is 7.74. The van der Waals surface area contributed by atoms with Gasteiger partial charge in [-0.05, 0) is 54.8 Å². The molecule has 1 atom stereocenters. The van der Waals surface area contributed by atoms with E-state index in [2.05, 4.69) is 5.32 Å². The molecule has 0 fully saturated rings. The molecule has 0 heterocycles. The summed E-state index contributed by atoms with van der Waals surface area (Å²) in [7, 11) is -2.75. The number of sulfonamides is 1. The first kappa shape index (κ1) is 30.0. The summed E-state index contributed by atoms with van der Waals surface area (Å²) in [6.45, 7) is 5.51. The third-order valence-electron chi connectivity index (χ3n) is 6.06. The summed E-state index contributed by atoms with van der Waals surface area (Å²) in [5.74, 6) is -0.398. The number of nitrogens with zero attached hydrogens (tertiary/aromatic N) is 2. The zero-order chi connectivity index (χ0) is 28.6. The van der Waals surface area contributed by atoms with Gasteiger partial charge >= 0.3 is 0 Å². The van der Waals surface area contributed by atoms with Crippen LogP contribution in [-0.2, 0) is 26.2 Å². The lowest BCUT2D eigenvalue weighted by atomic mass is 10.1. The minimum Gasteiger partial charge on any atom is -0.495 e. The highest BCUT2D eigenvalue weighted by atomic mass is 35.5. The topological polar surface area (TPSA) is 96.0 Å². The van der Waals surface area contributed by atoms with Crippen molar-refractivity contribution in [2.24, 2.45) is 5.92 Å². The van der Waals surface area contributed by atoms with Crippen LogP contribution in [0.4, 0.5) is 5.69 Å². The van der Waals surface area contributed by atoms with Gasteiger partial charge in [-0.1, -0.05) is 67.9 Å². The molecular weight excluding hydrogens is 538 g/mol. The minimum absolute atomic E-state index is 0.0211. The molecule has 0 radical (unpaired) electrons. The number of benzene rings is 3. The molecule has 0 aromatic heterocycles. The van der Waals surface area contributed by atoms with Gasteiger partial charge in [0, 0.05) is 18.1 Å². The van der Waals surface area contributed by atoms with Gasteiger partial charge in [0.05, 0.1) is 17.7 Å². The molecule has 39 heavy (non-hydrogen) atoms. The molecule has 0 bridgehead atoms. The monoisotopic (exact) mass is 571 g/mol. The number of para-hydroxylation sites is 2. The van der Waals surface area contributed by atoms with E-state index in [9.17, 15) is 18.0 Å². The molecule has 0 saturated heterocycles. The maximum Gasteiger partial charge on any atom is 0.264 e. The molecule has 2 amide bonds. The minimum atomic E-state index is -4.18.